The lowest BCUT2D eigenvalue weighted by atomic mass is 9.82. The summed E-state index contributed by atoms with van der Waals surface area (Å²) in [5.41, 5.74) is 1.50. The number of rotatable bonds is 8. The molecule has 2 N–H and O–H groups in total. The molecule has 0 bridgehead atoms. The Balaban J connectivity index is 1.43. The molecule has 2 amide bonds. The van der Waals surface area contributed by atoms with Crippen LogP contribution in [0, 0.1) is 0 Å². The van der Waals surface area contributed by atoms with Crippen LogP contribution in [0.1, 0.15) is 46.4 Å². The van der Waals surface area contributed by atoms with Crippen LogP contribution >= 0.6 is 0 Å². The van der Waals surface area contributed by atoms with Crippen molar-refractivity contribution >= 4 is 27.5 Å². The largest absolute Gasteiger partial charge is 0.494 e. The number of halogens is 3. The summed E-state index contributed by atoms with van der Waals surface area (Å²) >= 11 is 0. The van der Waals surface area contributed by atoms with E-state index in [2.05, 4.69) is 20.7 Å². The number of nitrogens with zero attached hydrogens (tertiary/aromatic N) is 3. The number of fused-ring (bicyclic) bond motifs is 3. The van der Waals surface area contributed by atoms with Gasteiger partial charge in [0, 0.05) is 25.3 Å². The molecule has 2 aromatic heterocycles. The van der Waals surface area contributed by atoms with Gasteiger partial charge in [0.1, 0.15) is 17.1 Å². The van der Waals surface area contributed by atoms with E-state index < -0.39 is 45.5 Å². The minimum absolute atomic E-state index is 0.0236. The third kappa shape index (κ3) is 5.81. The van der Waals surface area contributed by atoms with Crippen molar-refractivity contribution in [2.24, 2.45) is 0 Å². The van der Waals surface area contributed by atoms with E-state index in [0.717, 1.165) is 17.4 Å². The molecule has 40 heavy (non-hydrogen) atoms. The number of benzene rings is 1. The first-order valence-electron chi connectivity index (χ1n) is 12.5. The maximum absolute atomic E-state index is 13.5. The minimum Gasteiger partial charge on any atom is -0.494 e. The summed E-state index contributed by atoms with van der Waals surface area (Å²) < 4.78 is 67.4. The van der Waals surface area contributed by atoms with Crippen molar-refractivity contribution in [3.8, 4) is 11.6 Å². The second kappa shape index (κ2) is 10.2. The van der Waals surface area contributed by atoms with Gasteiger partial charge in [0.05, 0.1) is 17.8 Å². The Morgan fingerprint density at radius 3 is 2.75 bits per heavy atom. The summed E-state index contributed by atoms with van der Waals surface area (Å²) in [4.78, 5) is 30.3. The van der Waals surface area contributed by atoms with E-state index in [1.807, 2.05) is 0 Å². The van der Waals surface area contributed by atoms with Crippen molar-refractivity contribution in [2.45, 2.75) is 43.8 Å². The van der Waals surface area contributed by atoms with Gasteiger partial charge in [-0.25, -0.2) is 13.4 Å². The molecular weight excluding hydrogens is 551 g/mol. The topological polar surface area (TPSA) is 132 Å². The van der Waals surface area contributed by atoms with Crippen molar-refractivity contribution in [1.29, 1.82) is 0 Å². The number of aryl methyl sites for hydroxylation is 1. The molecule has 0 saturated carbocycles. The molecule has 0 radical (unpaired) electrons. The van der Waals surface area contributed by atoms with E-state index >= 15 is 0 Å². The Morgan fingerprint density at radius 1 is 1.25 bits per heavy atom. The molecule has 1 aromatic carbocycles. The van der Waals surface area contributed by atoms with Gasteiger partial charge in [-0.05, 0) is 54.7 Å². The van der Waals surface area contributed by atoms with E-state index in [1.165, 1.54) is 10.9 Å². The number of hydrogen-bond donors (Lipinski definition) is 2. The maximum Gasteiger partial charge on any atom is 0.389 e. The van der Waals surface area contributed by atoms with Crippen LogP contribution in [0.15, 0.2) is 42.6 Å². The Kier molecular flexibility index (Phi) is 7.06. The van der Waals surface area contributed by atoms with Crippen molar-refractivity contribution in [3.63, 3.8) is 0 Å². The standard InChI is InChI=1S/C26H26F3N5O5S/c1-40(37,38)15-21(35)31-23-22-19(33-34(23)20-5-2-3-11-30-20)14-25(32-24(22)36)10-8-16-13-17(6-7-18(16)25)39-12-4-9-26(27,28)29/h2-3,5-7,11,13H,4,8-10,12,14-15H2,1H3,(H,31,35)(H,32,36)/t25-/m0/s1. The number of carbonyl (C=O) groups excluding carboxylic acids is 2. The first-order valence-corrected chi connectivity index (χ1v) is 14.6. The fourth-order valence-corrected chi connectivity index (χ4v) is 5.74. The summed E-state index contributed by atoms with van der Waals surface area (Å²) in [6.45, 7) is -0.0671. The average Bonchev–Trinajstić information content (AvgIpc) is 3.39. The van der Waals surface area contributed by atoms with Gasteiger partial charge in [-0.3, -0.25) is 9.59 Å². The zero-order valence-electron chi connectivity index (χ0n) is 21.4. The van der Waals surface area contributed by atoms with Crippen LogP contribution in [0.3, 0.4) is 0 Å². The van der Waals surface area contributed by atoms with E-state index in [9.17, 15) is 31.2 Å². The number of pyridine rings is 1. The number of carbonyl (C=O) groups is 2. The van der Waals surface area contributed by atoms with Gasteiger partial charge in [0.25, 0.3) is 5.91 Å². The molecule has 0 saturated heterocycles. The van der Waals surface area contributed by atoms with E-state index in [-0.39, 0.29) is 24.4 Å². The van der Waals surface area contributed by atoms with Crippen molar-refractivity contribution in [2.75, 3.05) is 23.9 Å². The number of nitrogens with one attached hydrogen (secondary N) is 2. The van der Waals surface area contributed by atoms with Gasteiger partial charge in [-0.15, -0.1) is 0 Å². The molecule has 1 atom stereocenters. The summed E-state index contributed by atoms with van der Waals surface area (Å²) in [5, 5.41) is 10.2. The van der Waals surface area contributed by atoms with Crippen LogP contribution in [-0.2, 0) is 33.0 Å². The van der Waals surface area contributed by atoms with Crippen LogP contribution in [0.5, 0.6) is 5.75 Å². The Labute approximate surface area is 227 Å². The second-order valence-electron chi connectivity index (χ2n) is 9.99. The van der Waals surface area contributed by atoms with Crippen LogP contribution in [0.4, 0.5) is 19.0 Å². The minimum atomic E-state index is -4.23. The quantitative estimate of drug-likeness (QED) is 0.393. The molecule has 0 unspecified atom stereocenters. The molecular formula is C26H26F3N5O5S. The zero-order valence-corrected chi connectivity index (χ0v) is 22.2. The van der Waals surface area contributed by atoms with Crippen molar-refractivity contribution in [1.82, 2.24) is 20.1 Å². The number of ether oxygens (including phenoxy) is 1. The first-order chi connectivity index (χ1) is 18.8. The van der Waals surface area contributed by atoms with Gasteiger partial charge < -0.3 is 15.4 Å². The SMILES string of the molecule is CS(=O)(=O)CC(=O)Nc1c2c(nn1-c1ccccn1)C[C@]1(CCc3cc(OCCCC(F)(F)F)ccc31)NC2=O. The number of amides is 2. The van der Waals surface area contributed by atoms with Gasteiger partial charge in [0.2, 0.25) is 5.91 Å². The van der Waals surface area contributed by atoms with Crippen LogP contribution in [0.25, 0.3) is 5.82 Å². The van der Waals surface area contributed by atoms with Crippen LogP contribution in [0.2, 0.25) is 0 Å². The van der Waals surface area contributed by atoms with Crippen molar-refractivity contribution in [3.05, 3.63) is 65.0 Å². The maximum atomic E-state index is 13.5. The number of alkyl halides is 3. The van der Waals surface area contributed by atoms with Gasteiger partial charge in [0.15, 0.2) is 21.5 Å². The normalized spacial score (nSPS) is 18.2. The molecule has 2 aliphatic rings. The molecule has 1 aliphatic carbocycles. The molecule has 10 nitrogen and oxygen atoms in total. The lowest BCUT2D eigenvalue weighted by Gasteiger charge is -2.35. The third-order valence-electron chi connectivity index (χ3n) is 6.81. The monoisotopic (exact) mass is 577 g/mol. The highest BCUT2D eigenvalue weighted by Gasteiger charge is 2.47. The van der Waals surface area contributed by atoms with Crippen LogP contribution in [-0.4, -0.2) is 59.8 Å². The number of aromatic nitrogens is 3. The first kappa shape index (κ1) is 27.6. The van der Waals surface area contributed by atoms with Crippen molar-refractivity contribution < 1.29 is 35.9 Å². The predicted molar refractivity (Wildman–Crippen MR) is 138 cm³/mol. The smallest absolute Gasteiger partial charge is 0.389 e. The average molecular weight is 578 g/mol. The molecule has 3 aromatic rings. The van der Waals surface area contributed by atoms with Crippen LogP contribution < -0.4 is 15.4 Å². The molecule has 3 heterocycles. The molecule has 1 spiro atoms. The van der Waals surface area contributed by atoms with Gasteiger partial charge in [-0.2, -0.15) is 23.0 Å². The van der Waals surface area contributed by atoms with E-state index in [1.54, 1.807) is 36.4 Å². The molecule has 5 rings (SSSR count). The summed E-state index contributed by atoms with van der Waals surface area (Å²) in [7, 11) is -3.63. The highest BCUT2D eigenvalue weighted by molar-refractivity contribution is 7.91. The number of sulfone groups is 1. The lowest BCUT2D eigenvalue weighted by molar-refractivity contribution is -0.136. The number of anilines is 1. The van der Waals surface area contributed by atoms with E-state index in [0.29, 0.717) is 36.5 Å². The highest BCUT2D eigenvalue weighted by atomic mass is 32.2. The van der Waals surface area contributed by atoms with Gasteiger partial charge in [-0.1, -0.05) is 12.1 Å². The Morgan fingerprint density at radius 2 is 2.05 bits per heavy atom. The lowest BCUT2D eigenvalue weighted by Crippen LogP contribution is -2.49. The Bertz CT molecular complexity index is 1570. The molecule has 212 valence electrons. The summed E-state index contributed by atoms with van der Waals surface area (Å²) in [5.74, 6) is -1.27. The Hall–Kier alpha value is -3.94. The molecule has 1 aliphatic heterocycles. The van der Waals surface area contributed by atoms with E-state index in [4.69, 9.17) is 4.74 Å². The third-order valence-corrected chi connectivity index (χ3v) is 7.60. The summed E-state index contributed by atoms with van der Waals surface area (Å²) in [6, 6.07) is 10.3. The molecule has 0 fully saturated rings. The fraction of sp³-hybridized carbons (Fsp3) is 0.385. The predicted octanol–water partition coefficient (Wildman–Crippen LogP) is 3.10. The summed E-state index contributed by atoms with van der Waals surface area (Å²) in [6.07, 6.45) is -1.39. The second-order valence-corrected chi connectivity index (χ2v) is 12.1. The van der Waals surface area contributed by atoms with Gasteiger partial charge >= 0.3 is 6.18 Å². The number of hydrogen-bond acceptors (Lipinski definition) is 7. The zero-order chi connectivity index (χ0) is 28.7. The fourth-order valence-electron chi connectivity index (χ4n) is 5.19. The highest BCUT2D eigenvalue weighted by Crippen LogP contribution is 2.44. The molecule has 14 heteroatoms.